The van der Waals surface area contributed by atoms with Gasteiger partial charge in [0.25, 0.3) is 11.8 Å². The fraction of sp³-hybridized carbons (Fsp3) is 0. The van der Waals surface area contributed by atoms with Crippen LogP contribution in [0.1, 0.15) is 20.7 Å². The third-order valence-corrected chi connectivity index (χ3v) is 2.62. The molecule has 3 N–H and O–H groups in total. The van der Waals surface area contributed by atoms with Crippen LogP contribution in [-0.4, -0.2) is 11.8 Å². The summed E-state index contributed by atoms with van der Waals surface area (Å²) in [7, 11) is 0. The maximum atomic E-state index is 11.6. The summed E-state index contributed by atoms with van der Waals surface area (Å²) < 4.78 is 0. The third-order valence-electron chi connectivity index (χ3n) is 2.62. The van der Waals surface area contributed by atoms with Gasteiger partial charge in [-0.2, -0.15) is 0 Å². The predicted octanol–water partition coefficient (Wildman–Crippen LogP) is 1.84. The van der Waals surface area contributed by atoms with Crippen molar-refractivity contribution < 1.29 is 9.59 Å². The van der Waals surface area contributed by atoms with Crippen molar-refractivity contribution in [2.45, 2.75) is 0 Å². The molecule has 1 aliphatic rings. The van der Waals surface area contributed by atoms with E-state index < -0.39 is 0 Å². The Kier molecular flexibility index (Phi) is 2.95. The zero-order chi connectivity index (χ0) is 13.1. The van der Waals surface area contributed by atoms with Crippen LogP contribution in [0.3, 0.4) is 0 Å². The van der Waals surface area contributed by atoms with Crippen molar-refractivity contribution in [3.63, 3.8) is 0 Å². The number of imide groups is 1. The highest BCUT2D eigenvalue weighted by atomic mass is 16.2. The number of amides is 2. The molecule has 1 heterocycles. The number of nitrogens with zero attached hydrogens (tertiary/aromatic N) is 1. The molecule has 18 heavy (non-hydrogen) atoms. The molecule has 2 aromatic rings. The SMILES string of the molecule is N=[N+]=N.O=C1NC(=O)c2cccc3cccc1c23. The number of rotatable bonds is 0. The first kappa shape index (κ1) is 11.6. The molecule has 0 unspecified atom stereocenters. The van der Waals surface area contributed by atoms with E-state index in [0.717, 1.165) is 10.8 Å². The maximum Gasteiger partial charge on any atom is 0.258 e. The molecule has 0 saturated heterocycles. The summed E-state index contributed by atoms with van der Waals surface area (Å²) in [6.45, 7) is 0. The van der Waals surface area contributed by atoms with Gasteiger partial charge in [0, 0.05) is 16.5 Å². The topological polar surface area (TPSA) is 108 Å². The van der Waals surface area contributed by atoms with Crippen LogP contribution in [0.15, 0.2) is 36.4 Å². The van der Waals surface area contributed by atoms with Gasteiger partial charge in [-0.3, -0.25) is 14.9 Å². The average molecular weight is 241 g/mol. The Morgan fingerprint density at radius 2 is 1.33 bits per heavy atom. The first-order valence-electron chi connectivity index (χ1n) is 5.09. The minimum atomic E-state index is -0.315. The second-order valence-corrected chi connectivity index (χ2v) is 3.60. The lowest BCUT2D eigenvalue weighted by molar-refractivity contribution is 0.0845. The largest absolute Gasteiger partial charge is 0.288 e. The van der Waals surface area contributed by atoms with E-state index in [1.165, 1.54) is 0 Å². The number of nitrogens with one attached hydrogen (secondary N) is 3. The Bertz CT molecular complexity index is 639. The lowest BCUT2D eigenvalue weighted by Crippen LogP contribution is -2.34. The smallest absolute Gasteiger partial charge is 0.258 e. The van der Waals surface area contributed by atoms with E-state index in [-0.39, 0.29) is 11.8 Å². The van der Waals surface area contributed by atoms with Crippen molar-refractivity contribution in [3.05, 3.63) is 47.5 Å². The number of hydrogen-bond donors (Lipinski definition) is 3. The normalized spacial score (nSPS) is 12.2. The zero-order valence-corrected chi connectivity index (χ0v) is 9.23. The molecule has 6 heteroatoms. The Hall–Kier alpha value is -2.85. The number of hydrogen-bond acceptors (Lipinski definition) is 4. The highest BCUT2D eigenvalue weighted by molar-refractivity contribution is 6.25. The van der Waals surface area contributed by atoms with E-state index in [2.05, 4.69) is 5.32 Å². The molecular formula is C12H9N4O2+. The summed E-state index contributed by atoms with van der Waals surface area (Å²) in [6.07, 6.45) is 0. The van der Waals surface area contributed by atoms with Crippen LogP contribution < -0.4 is 10.2 Å². The molecule has 2 amide bonds. The summed E-state index contributed by atoms with van der Waals surface area (Å²) in [6, 6.07) is 10.9. The van der Waals surface area contributed by atoms with Crippen LogP contribution in [0.25, 0.3) is 10.8 Å². The summed E-state index contributed by atoms with van der Waals surface area (Å²) in [5, 5.41) is 4.00. The van der Waals surface area contributed by atoms with Crippen LogP contribution in [0.2, 0.25) is 0 Å². The fourth-order valence-corrected chi connectivity index (χ4v) is 1.96. The van der Waals surface area contributed by atoms with Crippen molar-refractivity contribution in [1.29, 1.82) is 11.1 Å². The number of benzene rings is 2. The van der Waals surface area contributed by atoms with E-state index in [0.29, 0.717) is 11.1 Å². The Labute approximate surface area is 102 Å². The molecule has 3 rings (SSSR count). The Morgan fingerprint density at radius 1 is 0.889 bits per heavy atom. The third kappa shape index (κ3) is 1.77. The van der Waals surface area contributed by atoms with Crippen LogP contribution >= 0.6 is 0 Å². The minimum Gasteiger partial charge on any atom is -0.288 e. The van der Waals surface area contributed by atoms with Gasteiger partial charge in [-0.1, -0.05) is 24.3 Å². The quantitative estimate of drug-likeness (QED) is 0.371. The first-order valence-corrected chi connectivity index (χ1v) is 5.09. The fourth-order valence-electron chi connectivity index (χ4n) is 1.96. The molecule has 0 saturated carbocycles. The molecule has 0 radical (unpaired) electrons. The molecule has 0 atom stereocenters. The van der Waals surface area contributed by atoms with Crippen LogP contribution in [0.5, 0.6) is 0 Å². The van der Waals surface area contributed by atoms with Crippen LogP contribution in [0.4, 0.5) is 0 Å². The van der Waals surface area contributed by atoms with E-state index >= 15 is 0 Å². The molecule has 0 spiro atoms. The van der Waals surface area contributed by atoms with E-state index in [9.17, 15) is 9.59 Å². The molecule has 0 aromatic heterocycles. The van der Waals surface area contributed by atoms with E-state index in [1.807, 2.05) is 29.2 Å². The van der Waals surface area contributed by atoms with Crippen LogP contribution in [0, 0.1) is 11.1 Å². The molecule has 0 fully saturated rings. The summed E-state index contributed by atoms with van der Waals surface area (Å²) >= 11 is 0. The van der Waals surface area contributed by atoms with E-state index in [1.54, 1.807) is 12.1 Å². The van der Waals surface area contributed by atoms with E-state index in [4.69, 9.17) is 11.1 Å². The van der Waals surface area contributed by atoms with Gasteiger partial charge in [-0.25, -0.2) is 0 Å². The lowest BCUT2D eigenvalue weighted by Gasteiger charge is -2.15. The van der Waals surface area contributed by atoms with Gasteiger partial charge in [0.15, 0.2) is 0 Å². The maximum absolute atomic E-state index is 11.6. The standard InChI is InChI=1S/C12H7NO2.H2N3/c14-11-8-5-1-3-7-4-2-6-9(10(7)8)12(15)13-11;1-3-2/h1-6H,(H,13,14,15);1-2H/q;+1. The average Bonchev–Trinajstić information content (AvgIpc) is 2.37. The highest BCUT2D eigenvalue weighted by Gasteiger charge is 2.23. The van der Waals surface area contributed by atoms with Gasteiger partial charge in [0.05, 0.1) is 0 Å². The number of carbonyl (C=O) groups is 2. The molecule has 2 aromatic carbocycles. The zero-order valence-electron chi connectivity index (χ0n) is 9.23. The van der Waals surface area contributed by atoms with Gasteiger partial charge >= 0.3 is 0 Å². The minimum absolute atomic E-state index is 0.315. The molecule has 0 aliphatic carbocycles. The summed E-state index contributed by atoms with van der Waals surface area (Å²) in [4.78, 5) is 25.1. The van der Waals surface area contributed by atoms with Gasteiger partial charge in [-0.05, 0) is 17.5 Å². The molecule has 0 bridgehead atoms. The van der Waals surface area contributed by atoms with Crippen molar-refractivity contribution in [2.75, 3.05) is 0 Å². The first-order chi connectivity index (χ1) is 8.69. The summed E-state index contributed by atoms with van der Waals surface area (Å²) in [5.41, 5.74) is 12.1. The van der Waals surface area contributed by atoms with Gasteiger partial charge in [-0.15, -0.1) is 0 Å². The Morgan fingerprint density at radius 3 is 1.78 bits per heavy atom. The highest BCUT2D eigenvalue weighted by Crippen LogP contribution is 2.25. The molecule has 88 valence electrons. The summed E-state index contributed by atoms with van der Waals surface area (Å²) in [5.74, 6) is -0.631. The van der Waals surface area contributed by atoms with Gasteiger partial charge < -0.3 is 0 Å². The lowest BCUT2D eigenvalue weighted by atomic mass is 9.95. The molecule has 1 aliphatic heterocycles. The van der Waals surface area contributed by atoms with Crippen molar-refractivity contribution in [1.82, 2.24) is 10.2 Å². The number of carbonyl (C=O) groups excluding carboxylic acids is 2. The van der Waals surface area contributed by atoms with Gasteiger partial charge in [0.1, 0.15) is 11.1 Å². The van der Waals surface area contributed by atoms with Gasteiger partial charge in [0.2, 0.25) is 4.91 Å². The van der Waals surface area contributed by atoms with Crippen molar-refractivity contribution in [3.8, 4) is 0 Å². The molecular weight excluding hydrogens is 232 g/mol. The second kappa shape index (κ2) is 4.57. The van der Waals surface area contributed by atoms with Crippen molar-refractivity contribution >= 4 is 22.6 Å². The predicted molar refractivity (Wildman–Crippen MR) is 63.3 cm³/mol. The molecule has 6 nitrogen and oxygen atoms in total. The van der Waals surface area contributed by atoms with Crippen molar-refractivity contribution in [2.24, 2.45) is 0 Å². The Balaban J connectivity index is 0.000000367. The second-order valence-electron chi connectivity index (χ2n) is 3.60. The monoisotopic (exact) mass is 241 g/mol. The van der Waals surface area contributed by atoms with Crippen LogP contribution in [-0.2, 0) is 0 Å².